The summed E-state index contributed by atoms with van der Waals surface area (Å²) in [5.41, 5.74) is 5.32. The van der Waals surface area contributed by atoms with Gasteiger partial charge in [-0.2, -0.15) is 0 Å². The number of hydrogen-bond acceptors (Lipinski definition) is 3. The third kappa shape index (κ3) is 6.59. The van der Waals surface area contributed by atoms with Crippen molar-refractivity contribution < 1.29 is 9.53 Å². The number of amides is 1. The Morgan fingerprint density at radius 2 is 1.91 bits per heavy atom. The lowest BCUT2D eigenvalue weighted by Gasteiger charge is -2.33. The lowest BCUT2D eigenvalue weighted by molar-refractivity contribution is 0.171. The van der Waals surface area contributed by atoms with Gasteiger partial charge in [0.05, 0.1) is 6.04 Å². The van der Waals surface area contributed by atoms with Crippen LogP contribution in [-0.4, -0.2) is 48.3 Å². The number of nitrogens with one attached hydrogen (secondary N) is 2. The van der Waals surface area contributed by atoms with Crippen molar-refractivity contribution in [2.75, 3.05) is 26.2 Å². The molecule has 2 fully saturated rings. The first-order valence-corrected chi connectivity index (χ1v) is 12.9. The molecule has 5 rings (SSSR count). The number of halogens is 1. The molecule has 2 aliphatic heterocycles. The molecule has 3 aromatic rings. The van der Waals surface area contributed by atoms with Crippen molar-refractivity contribution in [3.8, 4) is 0 Å². The number of cyclic esters (lactones) is 1. The van der Waals surface area contributed by atoms with Gasteiger partial charge >= 0.3 is 6.09 Å². The standard InChI is InChI=1S/C29H37N3O2.ClH/c1-21(24-7-3-2-4-8-24)19-32-14-12-22(13-15-32)6-5-9-25-18-30-28-11-10-23(17-27(25)28)16-26-20-34-29(33)31-26;/h2-4,7-8,10-11,17-18,21-22,26,30H,5-6,9,12-16,19-20H2,1H3,(H,31,33);1H/t21-,26-;/m0./s1. The summed E-state index contributed by atoms with van der Waals surface area (Å²) >= 11 is 0. The number of piperidine rings is 1. The van der Waals surface area contributed by atoms with Gasteiger partial charge in [-0.25, -0.2) is 4.79 Å². The molecule has 0 spiro atoms. The van der Waals surface area contributed by atoms with Crippen LogP contribution < -0.4 is 5.32 Å². The molecular weight excluding hydrogens is 458 g/mol. The van der Waals surface area contributed by atoms with E-state index in [9.17, 15) is 4.79 Å². The molecule has 0 aliphatic carbocycles. The van der Waals surface area contributed by atoms with Crippen molar-refractivity contribution in [3.05, 3.63) is 71.4 Å². The SMILES string of the molecule is C[C@@H](CN1CCC(CCCc2c[nH]c3ccc(C[C@H]4COC(=O)N4)cc23)CC1)c1ccccc1.Cl. The van der Waals surface area contributed by atoms with Crippen LogP contribution in [0.15, 0.2) is 54.7 Å². The second-order valence-electron chi connectivity index (χ2n) is 10.3. The van der Waals surface area contributed by atoms with E-state index in [0.29, 0.717) is 12.5 Å². The van der Waals surface area contributed by atoms with E-state index in [1.165, 1.54) is 72.9 Å². The molecule has 0 radical (unpaired) electrons. The summed E-state index contributed by atoms with van der Waals surface area (Å²) in [6.07, 6.45) is 9.04. The van der Waals surface area contributed by atoms with E-state index in [2.05, 4.69) is 76.9 Å². The van der Waals surface area contributed by atoms with Crippen molar-refractivity contribution in [1.82, 2.24) is 15.2 Å². The molecule has 188 valence electrons. The average Bonchev–Trinajstić information content (AvgIpc) is 3.46. The van der Waals surface area contributed by atoms with Crippen LogP contribution in [0.5, 0.6) is 0 Å². The molecule has 3 heterocycles. The second kappa shape index (κ2) is 12.0. The highest BCUT2D eigenvalue weighted by Gasteiger charge is 2.23. The van der Waals surface area contributed by atoms with E-state index in [0.717, 1.165) is 18.8 Å². The molecule has 6 heteroatoms. The zero-order chi connectivity index (χ0) is 23.3. The Balaban J connectivity index is 0.00000289. The molecule has 35 heavy (non-hydrogen) atoms. The van der Waals surface area contributed by atoms with Gasteiger partial charge in [0.2, 0.25) is 0 Å². The van der Waals surface area contributed by atoms with Gasteiger partial charge in [0.15, 0.2) is 0 Å². The number of hydrogen-bond donors (Lipinski definition) is 2. The maximum Gasteiger partial charge on any atom is 0.407 e. The van der Waals surface area contributed by atoms with Crippen molar-refractivity contribution in [3.63, 3.8) is 0 Å². The third-order valence-corrected chi connectivity index (χ3v) is 7.72. The number of likely N-dealkylation sites (tertiary alicyclic amines) is 1. The highest BCUT2D eigenvalue weighted by Crippen LogP contribution is 2.27. The van der Waals surface area contributed by atoms with Crippen LogP contribution in [-0.2, 0) is 17.6 Å². The minimum atomic E-state index is -0.301. The Bertz CT molecular complexity index is 1090. The van der Waals surface area contributed by atoms with Gasteiger partial charge in [-0.1, -0.05) is 49.7 Å². The predicted molar refractivity (Wildman–Crippen MR) is 144 cm³/mol. The topological polar surface area (TPSA) is 57.4 Å². The van der Waals surface area contributed by atoms with Crippen LogP contribution >= 0.6 is 12.4 Å². The number of carbonyl (C=O) groups excluding carboxylic acids is 1. The summed E-state index contributed by atoms with van der Waals surface area (Å²) in [6, 6.07) is 17.6. The van der Waals surface area contributed by atoms with Crippen LogP contribution in [0.1, 0.15) is 55.2 Å². The number of carbonyl (C=O) groups is 1. The van der Waals surface area contributed by atoms with Crippen molar-refractivity contribution in [2.45, 2.75) is 57.4 Å². The van der Waals surface area contributed by atoms with Gasteiger partial charge in [-0.3, -0.25) is 0 Å². The van der Waals surface area contributed by atoms with E-state index in [-0.39, 0.29) is 24.5 Å². The van der Waals surface area contributed by atoms with E-state index in [1.54, 1.807) is 0 Å². The number of nitrogens with zero attached hydrogens (tertiary/aromatic N) is 1. The van der Waals surface area contributed by atoms with Gasteiger partial charge in [0.1, 0.15) is 6.61 Å². The number of benzene rings is 2. The quantitative estimate of drug-likeness (QED) is 0.378. The number of H-pyrrole nitrogens is 1. The van der Waals surface area contributed by atoms with Gasteiger partial charge < -0.3 is 19.9 Å². The zero-order valence-corrected chi connectivity index (χ0v) is 21.5. The van der Waals surface area contributed by atoms with Gasteiger partial charge in [-0.15, -0.1) is 12.4 Å². The number of aromatic nitrogens is 1. The predicted octanol–water partition coefficient (Wildman–Crippen LogP) is 6.08. The van der Waals surface area contributed by atoms with Gasteiger partial charge in [-0.05, 0) is 85.9 Å². The smallest absolute Gasteiger partial charge is 0.407 e. The fraction of sp³-hybridized carbons (Fsp3) is 0.483. The Morgan fingerprint density at radius 1 is 1.11 bits per heavy atom. The molecule has 0 saturated carbocycles. The highest BCUT2D eigenvalue weighted by atomic mass is 35.5. The number of alkyl carbamates (subject to hydrolysis) is 1. The molecule has 1 amide bonds. The van der Waals surface area contributed by atoms with E-state index < -0.39 is 0 Å². The first kappa shape index (κ1) is 25.6. The maximum absolute atomic E-state index is 11.3. The van der Waals surface area contributed by atoms with E-state index in [1.807, 2.05) is 0 Å². The second-order valence-corrected chi connectivity index (χ2v) is 10.3. The monoisotopic (exact) mass is 495 g/mol. The number of aromatic amines is 1. The first-order chi connectivity index (χ1) is 16.6. The van der Waals surface area contributed by atoms with Gasteiger partial charge in [0.25, 0.3) is 0 Å². The molecule has 0 unspecified atom stereocenters. The minimum absolute atomic E-state index is 0. The molecule has 1 aromatic heterocycles. The summed E-state index contributed by atoms with van der Waals surface area (Å²) in [7, 11) is 0. The molecule has 2 aliphatic rings. The molecule has 5 nitrogen and oxygen atoms in total. The average molecular weight is 496 g/mol. The minimum Gasteiger partial charge on any atom is -0.447 e. The Labute approximate surface area is 215 Å². The Hall–Kier alpha value is -2.50. The van der Waals surface area contributed by atoms with Crippen LogP contribution in [0, 0.1) is 5.92 Å². The number of aryl methyl sites for hydroxylation is 1. The molecule has 2 saturated heterocycles. The van der Waals surface area contributed by atoms with Crippen LogP contribution in [0.25, 0.3) is 10.9 Å². The number of rotatable bonds is 9. The summed E-state index contributed by atoms with van der Waals surface area (Å²) in [4.78, 5) is 17.4. The van der Waals surface area contributed by atoms with Crippen LogP contribution in [0.4, 0.5) is 4.79 Å². The number of fused-ring (bicyclic) bond motifs is 1. The molecule has 2 atom stereocenters. The zero-order valence-electron chi connectivity index (χ0n) is 20.7. The molecular formula is C29H38ClN3O2. The van der Waals surface area contributed by atoms with E-state index >= 15 is 0 Å². The lowest BCUT2D eigenvalue weighted by Crippen LogP contribution is -2.36. The summed E-state index contributed by atoms with van der Waals surface area (Å²) < 4.78 is 5.03. The molecule has 2 N–H and O–H groups in total. The molecule has 2 aromatic carbocycles. The van der Waals surface area contributed by atoms with Crippen LogP contribution in [0.3, 0.4) is 0 Å². The third-order valence-electron chi connectivity index (χ3n) is 7.72. The number of ether oxygens (including phenoxy) is 1. The van der Waals surface area contributed by atoms with Crippen molar-refractivity contribution in [1.29, 1.82) is 0 Å². The molecule has 0 bridgehead atoms. The van der Waals surface area contributed by atoms with E-state index in [4.69, 9.17) is 4.74 Å². The fourth-order valence-corrected chi connectivity index (χ4v) is 5.69. The fourth-order valence-electron chi connectivity index (χ4n) is 5.69. The summed E-state index contributed by atoms with van der Waals surface area (Å²) in [6.45, 7) is 6.46. The van der Waals surface area contributed by atoms with Gasteiger partial charge in [0, 0.05) is 23.6 Å². The highest BCUT2D eigenvalue weighted by molar-refractivity contribution is 5.85. The Kier molecular flexibility index (Phi) is 8.74. The largest absolute Gasteiger partial charge is 0.447 e. The summed E-state index contributed by atoms with van der Waals surface area (Å²) in [5, 5.41) is 4.21. The van der Waals surface area contributed by atoms with Crippen molar-refractivity contribution >= 4 is 29.4 Å². The lowest BCUT2D eigenvalue weighted by atomic mass is 9.90. The normalized spacial score (nSPS) is 19.8. The summed E-state index contributed by atoms with van der Waals surface area (Å²) in [5.74, 6) is 1.46. The first-order valence-electron chi connectivity index (χ1n) is 12.9. The van der Waals surface area contributed by atoms with Crippen LogP contribution in [0.2, 0.25) is 0 Å². The maximum atomic E-state index is 11.3. The van der Waals surface area contributed by atoms with Crippen molar-refractivity contribution in [2.24, 2.45) is 5.92 Å². The Morgan fingerprint density at radius 3 is 2.66 bits per heavy atom.